The summed E-state index contributed by atoms with van der Waals surface area (Å²) in [7, 11) is 4.42. The zero-order valence-corrected chi connectivity index (χ0v) is 9.36. The zero-order valence-electron chi connectivity index (χ0n) is 8.47. The lowest BCUT2D eigenvalue weighted by Gasteiger charge is -2.22. The molecule has 1 saturated heterocycles. The minimum atomic E-state index is -1.94. The van der Waals surface area contributed by atoms with E-state index in [-0.39, 0.29) is 5.66 Å². The molecule has 1 N–H and O–H groups in total. The normalized spacial score (nSPS) is 30.3. The molecule has 0 bridgehead atoms. The van der Waals surface area contributed by atoms with Gasteiger partial charge in [0.2, 0.25) is 0 Å². The Bertz CT molecular complexity index is 368. The van der Waals surface area contributed by atoms with E-state index in [9.17, 15) is 4.79 Å². The van der Waals surface area contributed by atoms with Gasteiger partial charge in [-0.1, -0.05) is 18.2 Å². The molecule has 4 heteroatoms. The lowest BCUT2D eigenvalue weighted by molar-refractivity contribution is -0.136. The fourth-order valence-corrected chi connectivity index (χ4v) is 5.67. The summed E-state index contributed by atoms with van der Waals surface area (Å²) >= 11 is 0. The second kappa shape index (κ2) is 3.98. The predicted molar refractivity (Wildman–Crippen MR) is 64.3 cm³/mol. The molecule has 1 unspecified atom stereocenters. The third-order valence-corrected chi connectivity index (χ3v) is 6.99. The Hall–Kier alpha value is -0.815. The second-order valence-corrected chi connectivity index (χ2v) is 7.43. The first-order valence-corrected chi connectivity index (χ1v) is 7.20. The van der Waals surface area contributed by atoms with Gasteiger partial charge in [-0.2, -0.15) is 0 Å². The first kappa shape index (κ1) is 10.7. The number of carboxylic acids is 1. The van der Waals surface area contributed by atoms with Gasteiger partial charge < -0.3 is 5.11 Å². The predicted octanol–water partition coefficient (Wildman–Crippen LogP) is 1.66. The molecule has 1 aromatic carbocycles. The van der Waals surface area contributed by atoms with Gasteiger partial charge in [0.1, 0.15) is 0 Å². The van der Waals surface area contributed by atoms with Gasteiger partial charge >= 0.3 is 13.5 Å². The summed E-state index contributed by atoms with van der Waals surface area (Å²) in [5.74, 6) is -0.729. The molecule has 1 aromatic rings. The van der Waals surface area contributed by atoms with Crippen molar-refractivity contribution < 1.29 is 9.90 Å². The van der Waals surface area contributed by atoms with Crippen LogP contribution in [0.5, 0.6) is 0 Å². The van der Waals surface area contributed by atoms with Crippen LogP contribution in [-0.4, -0.2) is 30.5 Å². The summed E-state index contributed by atoms with van der Waals surface area (Å²) in [4.78, 5) is 11.1. The Morgan fingerprint density at radius 2 is 2.07 bits per heavy atom. The number of aliphatic carboxylic acids is 1. The van der Waals surface area contributed by atoms with Gasteiger partial charge in [-0.25, -0.2) is 4.79 Å². The van der Waals surface area contributed by atoms with Gasteiger partial charge in [-0.3, -0.25) is 0 Å². The third kappa shape index (κ3) is 1.81. The first-order valence-electron chi connectivity index (χ1n) is 5.09. The summed E-state index contributed by atoms with van der Waals surface area (Å²) < 4.78 is 0. The van der Waals surface area contributed by atoms with Gasteiger partial charge in [-0.15, -0.1) is 0 Å². The van der Waals surface area contributed by atoms with Crippen molar-refractivity contribution in [2.75, 3.05) is 6.16 Å². The molecule has 0 saturated carbocycles. The number of carboxylic acid groups (broad SMARTS) is 1. The smallest absolute Gasteiger partial charge is 0.372 e. The average Bonchev–Trinajstić information content (AvgIpc) is 2.63. The Morgan fingerprint density at radius 3 is 2.67 bits per heavy atom. The average molecular weight is 219 g/mol. The van der Waals surface area contributed by atoms with Crippen LogP contribution >= 0.6 is 7.14 Å². The van der Waals surface area contributed by atoms with E-state index in [0.717, 1.165) is 24.3 Å². The van der Waals surface area contributed by atoms with Crippen LogP contribution in [0.4, 0.5) is 0 Å². The second-order valence-electron chi connectivity index (χ2n) is 3.99. The van der Waals surface area contributed by atoms with Gasteiger partial charge in [-0.05, 0) is 25.0 Å². The Balaban J connectivity index is 2.37. The maximum absolute atomic E-state index is 11.1. The highest BCUT2D eigenvalue weighted by Gasteiger charge is 2.51. The molecule has 1 heterocycles. The summed E-state index contributed by atoms with van der Waals surface area (Å²) in [6.07, 6.45) is 2.54. The molecule has 2 nitrogen and oxygen atoms in total. The van der Waals surface area contributed by atoms with Crippen LogP contribution in [-0.2, 0) is 4.79 Å². The molecule has 0 aliphatic carbocycles. The standard InChI is InChI=1S/C11H13BO2P/c12-15(9-5-2-1-3-6-9)8-4-7-10(15)11(13)14/h1-3,5-6,10H,4,7-8H2,(H,13,14)/q+1/t10-,15?/m0/s1. The topological polar surface area (TPSA) is 37.3 Å². The van der Waals surface area contributed by atoms with Crippen LogP contribution in [0.1, 0.15) is 12.8 Å². The van der Waals surface area contributed by atoms with Gasteiger partial charge in [0.25, 0.3) is 0 Å². The van der Waals surface area contributed by atoms with E-state index >= 15 is 0 Å². The number of hydrogen-bond acceptors (Lipinski definition) is 1. The van der Waals surface area contributed by atoms with Gasteiger partial charge in [0.05, 0.1) is 5.30 Å². The van der Waals surface area contributed by atoms with Crippen LogP contribution in [0.3, 0.4) is 0 Å². The highest BCUT2D eigenvalue weighted by Crippen LogP contribution is 2.63. The summed E-state index contributed by atoms with van der Waals surface area (Å²) in [5.41, 5.74) is -0.333. The molecule has 1 fully saturated rings. The van der Waals surface area contributed by atoms with Crippen molar-refractivity contribution in [3.63, 3.8) is 0 Å². The maximum atomic E-state index is 11.1. The molecule has 0 spiro atoms. The molecule has 15 heavy (non-hydrogen) atoms. The van der Waals surface area contributed by atoms with Crippen molar-refractivity contribution in [2.45, 2.75) is 18.5 Å². The Morgan fingerprint density at radius 1 is 1.40 bits per heavy atom. The molecule has 0 aromatic heterocycles. The van der Waals surface area contributed by atoms with Crippen molar-refractivity contribution in [1.82, 2.24) is 0 Å². The quantitative estimate of drug-likeness (QED) is 0.606. The molecular formula is C11H13BO2P+. The third-order valence-electron chi connectivity index (χ3n) is 3.08. The summed E-state index contributed by atoms with van der Waals surface area (Å²) in [5, 5.41) is 10.2. The highest BCUT2D eigenvalue weighted by atomic mass is 31.2. The van der Waals surface area contributed by atoms with E-state index in [0.29, 0.717) is 0 Å². The molecule has 2 radical (unpaired) electrons. The van der Waals surface area contributed by atoms with E-state index in [2.05, 4.69) is 0 Å². The largest absolute Gasteiger partial charge is 0.478 e. The number of rotatable bonds is 2. The van der Waals surface area contributed by atoms with E-state index < -0.39 is 13.1 Å². The number of carbonyl (C=O) groups is 1. The Kier molecular flexibility index (Phi) is 2.84. The lowest BCUT2D eigenvalue weighted by atomic mass is 10.2. The van der Waals surface area contributed by atoms with Crippen LogP contribution in [0.2, 0.25) is 0 Å². The molecule has 2 atom stereocenters. The van der Waals surface area contributed by atoms with Crippen LogP contribution < -0.4 is 5.30 Å². The minimum Gasteiger partial charge on any atom is -0.478 e. The molecular weight excluding hydrogens is 206 g/mol. The Labute approximate surface area is 91.4 Å². The van der Waals surface area contributed by atoms with Crippen LogP contribution in [0.25, 0.3) is 0 Å². The molecule has 76 valence electrons. The fraction of sp³-hybridized carbons (Fsp3) is 0.364. The van der Waals surface area contributed by atoms with Gasteiger partial charge in [0.15, 0.2) is 5.66 Å². The molecule has 2 rings (SSSR count). The van der Waals surface area contributed by atoms with E-state index in [1.807, 2.05) is 30.3 Å². The first-order chi connectivity index (χ1) is 7.14. The van der Waals surface area contributed by atoms with Gasteiger partial charge in [0, 0.05) is 13.3 Å². The minimum absolute atomic E-state index is 0.333. The number of hydrogen-bond donors (Lipinski definition) is 1. The van der Waals surface area contributed by atoms with E-state index in [1.54, 1.807) is 0 Å². The molecule has 1 aliphatic heterocycles. The van der Waals surface area contributed by atoms with E-state index in [1.165, 1.54) is 0 Å². The van der Waals surface area contributed by atoms with Crippen LogP contribution in [0, 0.1) is 0 Å². The van der Waals surface area contributed by atoms with Crippen molar-refractivity contribution in [2.24, 2.45) is 0 Å². The maximum Gasteiger partial charge on any atom is 0.372 e. The molecule has 1 aliphatic rings. The van der Waals surface area contributed by atoms with Crippen molar-refractivity contribution in [1.29, 1.82) is 0 Å². The molecule has 0 amide bonds. The van der Waals surface area contributed by atoms with Crippen molar-refractivity contribution >= 4 is 26.0 Å². The number of benzene rings is 1. The SMILES string of the molecule is [B][P+]1(c2ccccc2)CCC[C@H]1C(=O)O. The van der Waals surface area contributed by atoms with Crippen molar-refractivity contribution in [3.05, 3.63) is 30.3 Å². The zero-order chi connectivity index (χ0) is 10.9. The lowest BCUT2D eigenvalue weighted by Crippen LogP contribution is -2.27. The summed E-state index contributed by atoms with van der Waals surface area (Å²) in [6, 6.07) is 9.73. The monoisotopic (exact) mass is 219 g/mol. The fourth-order valence-electron chi connectivity index (χ4n) is 2.27. The summed E-state index contributed by atoms with van der Waals surface area (Å²) in [6.45, 7) is 0. The van der Waals surface area contributed by atoms with Crippen LogP contribution in [0.15, 0.2) is 30.3 Å². The highest BCUT2D eigenvalue weighted by molar-refractivity contribution is 8.04. The van der Waals surface area contributed by atoms with Crippen molar-refractivity contribution in [3.8, 4) is 0 Å². The van der Waals surface area contributed by atoms with E-state index in [4.69, 9.17) is 12.7 Å².